The summed E-state index contributed by atoms with van der Waals surface area (Å²) in [7, 11) is 0. The SMILES string of the molecule is CC(C)=C[C@@H]1OC(C)(C)[C@]2(COc3ccc(/C=C/C=O)cc3O2)O1. The van der Waals surface area contributed by atoms with E-state index in [2.05, 4.69) is 0 Å². The molecule has 1 spiro atoms. The van der Waals surface area contributed by atoms with Gasteiger partial charge >= 0.3 is 0 Å². The van der Waals surface area contributed by atoms with Crippen molar-refractivity contribution in [1.29, 1.82) is 0 Å². The molecule has 2 heterocycles. The van der Waals surface area contributed by atoms with E-state index in [0.717, 1.165) is 17.4 Å². The molecule has 5 nitrogen and oxygen atoms in total. The van der Waals surface area contributed by atoms with Crippen LogP contribution in [-0.4, -0.2) is 30.6 Å². The molecule has 3 rings (SSSR count). The number of aldehydes is 1. The number of fused-ring (bicyclic) bond motifs is 1. The van der Waals surface area contributed by atoms with Gasteiger partial charge in [0.15, 0.2) is 24.4 Å². The highest BCUT2D eigenvalue weighted by Gasteiger charge is 2.60. The summed E-state index contributed by atoms with van der Waals surface area (Å²) in [5.41, 5.74) is 1.26. The maximum Gasteiger partial charge on any atom is 0.276 e. The Labute approximate surface area is 141 Å². The fraction of sp³-hybridized carbons (Fsp3) is 0.421. The second-order valence-corrected chi connectivity index (χ2v) is 6.70. The topological polar surface area (TPSA) is 54.0 Å². The zero-order valence-corrected chi connectivity index (χ0v) is 14.4. The quantitative estimate of drug-likeness (QED) is 0.482. The van der Waals surface area contributed by atoms with E-state index in [9.17, 15) is 4.79 Å². The molecule has 2 atom stereocenters. The molecule has 0 aromatic heterocycles. The van der Waals surface area contributed by atoms with Crippen LogP contribution < -0.4 is 9.47 Å². The predicted molar refractivity (Wildman–Crippen MR) is 89.9 cm³/mol. The largest absolute Gasteiger partial charge is 0.483 e. The van der Waals surface area contributed by atoms with E-state index >= 15 is 0 Å². The standard InChI is InChI=1S/C19H22O5/c1-13(2)10-17-23-18(3,4)19(24-17)12-21-15-8-7-14(6-5-9-20)11-16(15)22-19/h5-11,17H,12H2,1-4H3/b6-5+/t17-,19+/m1/s1. The number of allylic oxidation sites excluding steroid dienone is 2. The van der Waals surface area contributed by atoms with Crippen LogP contribution in [0.2, 0.25) is 0 Å². The Morgan fingerprint density at radius 1 is 1.21 bits per heavy atom. The van der Waals surface area contributed by atoms with Crippen molar-refractivity contribution in [2.45, 2.75) is 45.4 Å². The maximum absolute atomic E-state index is 10.5. The van der Waals surface area contributed by atoms with Crippen LogP contribution in [0.25, 0.3) is 6.08 Å². The molecule has 1 aromatic carbocycles. The van der Waals surface area contributed by atoms with Gasteiger partial charge in [0.05, 0.1) is 0 Å². The van der Waals surface area contributed by atoms with E-state index in [4.69, 9.17) is 18.9 Å². The van der Waals surface area contributed by atoms with Gasteiger partial charge in [-0.1, -0.05) is 17.7 Å². The molecule has 1 fully saturated rings. The van der Waals surface area contributed by atoms with Crippen LogP contribution in [0, 0.1) is 0 Å². The number of carbonyl (C=O) groups is 1. The van der Waals surface area contributed by atoms with Gasteiger partial charge in [0.2, 0.25) is 0 Å². The smallest absolute Gasteiger partial charge is 0.276 e. The molecule has 128 valence electrons. The molecule has 0 saturated carbocycles. The Balaban J connectivity index is 1.91. The number of carbonyl (C=O) groups excluding carboxylic acids is 1. The van der Waals surface area contributed by atoms with Gasteiger partial charge in [-0.05, 0) is 57.5 Å². The van der Waals surface area contributed by atoms with Crippen LogP contribution in [-0.2, 0) is 14.3 Å². The zero-order valence-electron chi connectivity index (χ0n) is 14.4. The van der Waals surface area contributed by atoms with Crippen LogP contribution in [0.3, 0.4) is 0 Å². The molecular weight excluding hydrogens is 308 g/mol. The first-order valence-corrected chi connectivity index (χ1v) is 7.94. The minimum absolute atomic E-state index is 0.240. The fourth-order valence-corrected chi connectivity index (χ4v) is 2.79. The molecule has 1 aromatic rings. The van der Waals surface area contributed by atoms with Crippen LogP contribution in [0.15, 0.2) is 35.9 Å². The Morgan fingerprint density at radius 3 is 2.71 bits per heavy atom. The van der Waals surface area contributed by atoms with E-state index in [-0.39, 0.29) is 6.61 Å². The van der Waals surface area contributed by atoms with E-state index in [1.54, 1.807) is 6.08 Å². The van der Waals surface area contributed by atoms with Gasteiger partial charge in [0.25, 0.3) is 5.79 Å². The minimum atomic E-state index is -1.02. The van der Waals surface area contributed by atoms with Crippen molar-refractivity contribution in [3.05, 3.63) is 41.5 Å². The fourth-order valence-electron chi connectivity index (χ4n) is 2.79. The molecule has 0 unspecified atom stereocenters. The summed E-state index contributed by atoms with van der Waals surface area (Å²) < 4.78 is 24.1. The number of ether oxygens (including phenoxy) is 4. The highest BCUT2D eigenvalue weighted by atomic mass is 16.8. The third-order valence-electron chi connectivity index (χ3n) is 4.13. The lowest BCUT2D eigenvalue weighted by Gasteiger charge is -2.40. The van der Waals surface area contributed by atoms with Crippen molar-refractivity contribution in [1.82, 2.24) is 0 Å². The summed E-state index contributed by atoms with van der Waals surface area (Å²) in [5.74, 6) is 0.196. The molecule has 0 radical (unpaired) electrons. The second kappa shape index (κ2) is 6.07. The first kappa shape index (κ1) is 16.7. The predicted octanol–water partition coefficient (Wildman–Crippen LogP) is 3.48. The number of rotatable bonds is 3. The molecule has 0 aliphatic carbocycles. The third-order valence-corrected chi connectivity index (χ3v) is 4.13. The van der Waals surface area contributed by atoms with Gasteiger partial charge in [-0.3, -0.25) is 4.79 Å². The molecule has 1 saturated heterocycles. The summed E-state index contributed by atoms with van der Waals surface area (Å²) in [6, 6.07) is 5.51. The highest BCUT2D eigenvalue weighted by molar-refractivity contribution is 5.74. The Kier molecular flexibility index (Phi) is 4.24. The summed E-state index contributed by atoms with van der Waals surface area (Å²) in [6.07, 6.45) is 5.32. The van der Waals surface area contributed by atoms with Gasteiger partial charge in [-0.2, -0.15) is 0 Å². The lowest BCUT2D eigenvalue weighted by Crippen LogP contribution is -2.58. The molecule has 2 aliphatic heterocycles. The zero-order chi connectivity index (χ0) is 17.4. The van der Waals surface area contributed by atoms with Gasteiger partial charge in [-0.25, -0.2) is 0 Å². The van der Waals surface area contributed by atoms with Crippen LogP contribution in [0.5, 0.6) is 11.5 Å². The lowest BCUT2D eigenvalue weighted by atomic mass is 9.97. The van der Waals surface area contributed by atoms with Gasteiger partial charge in [-0.15, -0.1) is 0 Å². The molecule has 0 bridgehead atoms. The third kappa shape index (κ3) is 2.97. The van der Waals surface area contributed by atoms with Gasteiger partial charge in [0.1, 0.15) is 11.9 Å². The van der Waals surface area contributed by atoms with Crippen LogP contribution in [0.1, 0.15) is 33.3 Å². The maximum atomic E-state index is 10.5. The summed E-state index contributed by atoms with van der Waals surface area (Å²) in [5, 5.41) is 0. The molecule has 24 heavy (non-hydrogen) atoms. The van der Waals surface area contributed by atoms with Crippen molar-refractivity contribution in [3.63, 3.8) is 0 Å². The number of hydrogen-bond acceptors (Lipinski definition) is 5. The molecule has 2 aliphatic rings. The first-order chi connectivity index (χ1) is 11.4. The van der Waals surface area contributed by atoms with Crippen molar-refractivity contribution < 1.29 is 23.7 Å². The van der Waals surface area contributed by atoms with Crippen molar-refractivity contribution in [2.75, 3.05) is 6.61 Å². The van der Waals surface area contributed by atoms with E-state index in [1.165, 1.54) is 6.08 Å². The van der Waals surface area contributed by atoms with E-state index < -0.39 is 17.7 Å². The lowest BCUT2D eigenvalue weighted by molar-refractivity contribution is -0.216. The van der Waals surface area contributed by atoms with Gasteiger partial charge < -0.3 is 18.9 Å². The monoisotopic (exact) mass is 330 g/mol. The number of benzene rings is 1. The number of hydrogen-bond donors (Lipinski definition) is 0. The van der Waals surface area contributed by atoms with E-state index in [0.29, 0.717) is 11.5 Å². The van der Waals surface area contributed by atoms with Crippen LogP contribution in [0.4, 0.5) is 0 Å². The van der Waals surface area contributed by atoms with E-state index in [1.807, 2.05) is 52.0 Å². The summed E-state index contributed by atoms with van der Waals surface area (Å²) in [6.45, 7) is 8.07. The van der Waals surface area contributed by atoms with Gasteiger partial charge in [0, 0.05) is 0 Å². The average Bonchev–Trinajstić information content (AvgIpc) is 2.73. The average molecular weight is 330 g/mol. The second-order valence-electron chi connectivity index (χ2n) is 6.70. The van der Waals surface area contributed by atoms with Crippen molar-refractivity contribution in [3.8, 4) is 11.5 Å². The molecule has 0 N–H and O–H groups in total. The molecular formula is C19H22O5. The first-order valence-electron chi connectivity index (χ1n) is 7.94. The van der Waals surface area contributed by atoms with Crippen molar-refractivity contribution >= 4 is 12.4 Å². The summed E-state index contributed by atoms with van der Waals surface area (Å²) >= 11 is 0. The Hall–Kier alpha value is -2.11. The molecule has 5 heteroatoms. The van der Waals surface area contributed by atoms with Crippen LogP contribution >= 0.6 is 0 Å². The molecule has 0 amide bonds. The normalized spacial score (nSPS) is 27.4. The Morgan fingerprint density at radius 2 is 2.00 bits per heavy atom. The van der Waals surface area contributed by atoms with Crippen molar-refractivity contribution in [2.24, 2.45) is 0 Å². The summed E-state index contributed by atoms with van der Waals surface area (Å²) in [4.78, 5) is 10.5. The Bertz CT molecular complexity index is 700. The minimum Gasteiger partial charge on any atom is -0.483 e. The highest BCUT2D eigenvalue weighted by Crippen LogP contribution is 2.46.